The molecule has 2 aliphatic rings. The predicted molar refractivity (Wildman–Crippen MR) is 98.2 cm³/mol. The first-order valence-corrected chi connectivity index (χ1v) is 8.76. The van der Waals surface area contributed by atoms with Crippen molar-refractivity contribution in [2.45, 2.75) is 19.8 Å². The Morgan fingerprint density at radius 2 is 1.96 bits per heavy atom. The second-order valence-corrected chi connectivity index (χ2v) is 6.75. The molecular weight excluding hydrogens is 340 g/mol. The van der Waals surface area contributed by atoms with Gasteiger partial charge in [0.2, 0.25) is 6.79 Å². The van der Waals surface area contributed by atoms with Crippen molar-refractivity contribution in [2.75, 3.05) is 30.1 Å². The number of rotatable bonds is 3. The van der Waals surface area contributed by atoms with Crippen molar-refractivity contribution in [1.29, 1.82) is 0 Å². The van der Waals surface area contributed by atoms with Gasteiger partial charge in [0, 0.05) is 30.0 Å². The van der Waals surface area contributed by atoms with Crippen LogP contribution in [0.3, 0.4) is 0 Å². The molecule has 25 heavy (non-hydrogen) atoms. The van der Waals surface area contributed by atoms with E-state index in [2.05, 4.69) is 22.3 Å². The van der Waals surface area contributed by atoms with Gasteiger partial charge in [-0.15, -0.1) is 0 Å². The van der Waals surface area contributed by atoms with E-state index in [0.717, 1.165) is 24.3 Å². The van der Waals surface area contributed by atoms with Crippen molar-refractivity contribution in [3.8, 4) is 11.5 Å². The zero-order valence-corrected chi connectivity index (χ0v) is 14.7. The maximum atomic E-state index is 12.6. The Kier molecular flexibility index (Phi) is 4.17. The van der Waals surface area contributed by atoms with Crippen molar-refractivity contribution in [1.82, 2.24) is 0 Å². The van der Waals surface area contributed by atoms with E-state index >= 15 is 0 Å². The molecule has 6 heteroatoms. The number of nitrogens with one attached hydrogen (secondary N) is 1. The number of benzene rings is 2. The molecule has 0 bridgehead atoms. The zero-order valence-electron chi connectivity index (χ0n) is 14.0. The summed E-state index contributed by atoms with van der Waals surface area (Å²) >= 11 is 6.16. The molecule has 2 aromatic carbocycles. The van der Waals surface area contributed by atoms with Gasteiger partial charge in [-0.05, 0) is 55.7 Å². The molecule has 2 aromatic rings. The Labute approximate surface area is 151 Å². The SMILES string of the molecule is Cc1cc(N2CCCC2)ccc1NC(=O)c1cc(Cl)c2c(c1)OCO2. The number of halogens is 1. The molecule has 2 heterocycles. The summed E-state index contributed by atoms with van der Waals surface area (Å²) in [4.78, 5) is 15.0. The molecule has 1 fully saturated rings. The van der Waals surface area contributed by atoms with E-state index in [1.165, 1.54) is 18.5 Å². The Morgan fingerprint density at radius 3 is 2.72 bits per heavy atom. The molecule has 0 aliphatic carbocycles. The average molecular weight is 359 g/mol. The first-order valence-electron chi connectivity index (χ1n) is 8.38. The lowest BCUT2D eigenvalue weighted by molar-refractivity contribution is 0.102. The third-order valence-electron chi connectivity index (χ3n) is 4.62. The maximum Gasteiger partial charge on any atom is 0.255 e. The first-order chi connectivity index (χ1) is 12.1. The van der Waals surface area contributed by atoms with Gasteiger partial charge < -0.3 is 19.7 Å². The van der Waals surface area contributed by atoms with Gasteiger partial charge in [-0.3, -0.25) is 4.79 Å². The molecule has 2 aliphatic heterocycles. The van der Waals surface area contributed by atoms with Gasteiger partial charge in [0.15, 0.2) is 11.5 Å². The molecular formula is C19H19ClN2O3. The first kappa shape index (κ1) is 16.1. The normalized spacial score (nSPS) is 15.5. The molecule has 4 rings (SSSR count). The summed E-state index contributed by atoms with van der Waals surface area (Å²) in [5.41, 5.74) is 3.47. The minimum absolute atomic E-state index is 0.122. The molecule has 0 spiro atoms. The van der Waals surface area contributed by atoms with E-state index in [9.17, 15) is 4.79 Å². The van der Waals surface area contributed by atoms with Crippen molar-refractivity contribution >= 4 is 28.9 Å². The van der Waals surface area contributed by atoms with Crippen LogP contribution in [0.2, 0.25) is 5.02 Å². The van der Waals surface area contributed by atoms with Crippen LogP contribution in [0.1, 0.15) is 28.8 Å². The number of carbonyl (C=O) groups excluding carboxylic acids is 1. The van der Waals surface area contributed by atoms with Crippen molar-refractivity contribution < 1.29 is 14.3 Å². The van der Waals surface area contributed by atoms with Crippen LogP contribution in [0.25, 0.3) is 0 Å². The van der Waals surface area contributed by atoms with Crippen LogP contribution in [-0.2, 0) is 0 Å². The van der Waals surface area contributed by atoms with E-state index in [4.69, 9.17) is 21.1 Å². The smallest absolute Gasteiger partial charge is 0.255 e. The Bertz CT molecular complexity index is 832. The van der Waals surface area contributed by atoms with Crippen molar-refractivity contribution in [3.63, 3.8) is 0 Å². The number of fused-ring (bicyclic) bond motifs is 1. The Hall–Kier alpha value is -2.40. The van der Waals surface area contributed by atoms with E-state index in [-0.39, 0.29) is 12.7 Å². The largest absolute Gasteiger partial charge is 0.454 e. The summed E-state index contributed by atoms with van der Waals surface area (Å²) in [6, 6.07) is 9.37. The van der Waals surface area contributed by atoms with Crippen LogP contribution in [0.5, 0.6) is 11.5 Å². The molecule has 1 N–H and O–H groups in total. The second kappa shape index (κ2) is 6.48. The molecule has 5 nitrogen and oxygen atoms in total. The highest BCUT2D eigenvalue weighted by Crippen LogP contribution is 2.40. The minimum Gasteiger partial charge on any atom is -0.454 e. The molecule has 0 aromatic heterocycles. The lowest BCUT2D eigenvalue weighted by atomic mass is 10.1. The Morgan fingerprint density at radius 1 is 1.16 bits per heavy atom. The summed E-state index contributed by atoms with van der Waals surface area (Å²) in [6.07, 6.45) is 2.48. The minimum atomic E-state index is -0.225. The number of carbonyl (C=O) groups is 1. The van der Waals surface area contributed by atoms with E-state index in [0.29, 0.717) is 22.1 Å². The number of aryl methyl sites for hydroxylation is 1. The molecule has 0 saturated carbocycles. The third-order valence-corrected chi connectivity index (χ3v) is 4.90. The molecule has 0 unspecified atom stereocenters. The summed E-state index contributed by atoms with van der Waals surface area (Å²) in [5.74, 6) is 0.764. The monoisotopic (exact) mass is 358 g/mol. The number of ether oxygens (including phenoxy) is 2. The maximum absolute atomic E-state index is 12.6. The second-order valence-electron chi connectivity index (χ2n) is 6.34. The van der Waals surface area contributed by atoms with Crippen LogP contribution < -0.4 is 19.7 Å². The fourth-order valence-electron chi connectivity index (χ4n) is 3.25. The highest BCUT2D eigenvalue weighted by Gasteiger charge is 2.21. The molecule has 130 valence electrons. The lowest BCUT2D eigenvalue weighted by Gasteiger charge is -2.19. The third kappa shape index (κ3) is 3.12. The number of amides is 1. The van der Waals surface area contributed by atoms with Gasteiger partial charge in [-0.2, -0.15) is 0 Å². The summed E-state index contributed by atoms with van der Waals surface area (Å²) in [7, 11) is 0. The molecule has 1 amide bonds. The summed E-state index contributed by atoms with van der Waals surface area (Å²) in [5, 5.41) is 3.33. The molecule has 0 radical (unpaired) electrons. The number of nitrogens with zero attached hydrogens (tertiary/aromatic N) is 1. The number of hydrogen-bond donors (Lipinski definition) is 1. The number of hydrogen-bond acceptors (Lipinski definition) is 4. The highest BCUT2D eigenvalue weighted by atomic mass is 35.5. The van der Waals surface area contributed by atoms with Gasteiger partial charge in [0.25, 0.3) is 5.91 Å². The van der Waals surface area contributed by atoms with Gasteiger partial charge >= 0.3 is 0 Å². The van der Waals surface area contributed by atoms with Gasteiger partial charge in [-0.25, -0.2) is 0 Å². The fraction of sp³-hybridized carbons (Fsp3) is 0.316. The van der Waals surface area contributed by atoms with Crippen molar-refractivity contribution in [3.05, 3.63) is 46.5 Å². The summed E-state index contributed by atoms with van der Waals surface area (Å²) in [6.45, 7) is 4.32. The lowest BCUT2D eigenvalue weighted by Crippen LogP contribution is -2.18. The van der Waals surface area contributed by atoms with Gasteiger partial charge in [0.1, 0.15) is 0 Å². The van der Waals surface area contributed by atoms with Crippen LogP contribution >= 0.6 is 11.6 Å². The quantitative estimate of drug-likeness (QED) is 0.892. The van der Waals surface area contributed by atoms with Crippen LogP contribution in [-0.4, -0.2) is 25.8 Å². The van der Waals surface area contributed by atoms with Crippen molar-refractivity contribution in [2.24, 2.45) is 0 Å². The standard InChI is InChI=1S/C19H19ClN2O3/c1-12-8-14(22-6-2-3-7-22)4-5-16(12)21-19(23)13-9-15(20)18-17(10-13)24-11-25-18/h4-5,8-10H,2-3,6-7,11H2,1H3,(H,21,23). The van der Waals surface area contributed by atoms with E-state index in [1.807, 2.05) is 13.0 Å². The number of anilines is 2. The average Bonchev–Trinajstić information content (AvgIpc) is 3.27. The topological polar surface area (TPSA) is 50.8 Å². The summed E-state index contributed by atoms with van der Waals surface area (Å²) < 4.78 is 10.6. The van der Waals surface area contributed by atoms with Crippen LogP contribution in [0.4, 0.5) is 11.4 Å². The predicted octanol–water partition coefficient (Wildman–Crippen LogP) is 4.23. The van der Waals surface area contributed by atoms with Gasteiger partial charge in [0.05, 0.1) is 5.02 Å². The fourth-order valence-corrected chi connectivity index (χ4v) is 3.52. The van der Waals surface area contributed by atoms with Crippen LogP contribution in [0, 0.1) is 6.92 Å². The molecule has 0 atom stereocenters. The highest BCUT2D eigenvalue weighted by molar-refractivity contribution is 6.32. The van der Waals surface area contributed by atoms with Crippen LogP contribution in [0.15, 0.2) is 30.3 Å². The van der Waals surface area contributed by atoms with E-state index in [1.54, 1.807) is 12.1 Å². The molecule has 1 saturated heterocycles. The Balaban J connectivity index is 1.54. The van der Waals surface area contributed by atoms with E-state index < -0.39 is 0 Å². The zero-order chi connectivity index (χ0) is 17.4. The van der Waals surface area contributed by atoms with Gasteiger partial charge in [-0.1, -0.05) is 11.6 Å².